The minimum absolute atomic E-state index is 0.0348. The van der Waals surface area contributed by atoms with Crippen LogP contribution in [0.2, 0.25) is 0 Å². The molecule has 0 saturated heterocycles. The molecule has 0 aliphatic carbocycles. The Morgan fingerprint density at radius 1 is 1.08 bits per heavy atom. The van der Waals surface area contributed by atoms with Gasteiger partial charge in [-0.3, -0.25) is 9.59 Å². The van der Waals surface area contributed by atoms with Gasteiger partial charge in [0.2, 0.25) is 5.43 Å². The number of hydrogen-bond donors (Lipinski definition) is 1. The number of carbonyl (C=O) groups excluding carboxylic acids is 1. The highest BCUT2D eigenvalue weighted by molar-refractivity contribution is 6.05. The molecule has 134 valence electrons. The van der Waals surface area contributed by atoms with Crippen molar-refractivity contribution in [3.8, 4) is 0 Å². The van der Waals surface area contributed by atoms with Crippen molar-refractivity contribution >= 4 is 22.5 Å². The predicted octanol–water partition coefficient (Wildman–Crippen LogP) is 3.95. The van der Waals surface area contributed by atoms with Crippen LogP contribution < -0.4 is 10.7 Å². The van der Waals surface area contributed by atoms with E-state index >= 15 is 0 Å². The van der Waals surface area contributed by atoms with Crippen molar-refractivity contribution in [3.63, 3.8) is 0 Å². The molecule has 1 heterocycles. The van der Waals surface area contributed by atoms with Gasteiger partial charge in [0.1, 0.15) is 11.4 Å². The zero-order valence-corrected chi connectivity index (χ0v) is 13.4. The number of fused-ring (bicyclic) bond motifs is 1. The van der Waals surface area contributed by atoms with E-state index in [0.717, 1.165) is 24.3 Å². The molecule has 0 unspecified atom stereocenters. The van der Waals surface area contributed by atoms with Gasteiger partial charge in [0, 0.05) is 24.3 Å². The Bertz CT molecular complexity index is 1050. The largest absolute Gasteiger partial charge is 0.416 e. The highest BCUT2D eigenvalue weighted by Crippen LogP contribution is 2.29. The van der Waals surface area contributed by atoms with Crippen molar-refractivity contribution in [1.29, 1.82) is 0 Å². The minimum Gasteiger partial charge on any atom is -0.347 e. The maximum Gasteiger partial charge on any atom is 0.416 e. The third kappa shape index (κ3) is 3.17. The van der Waals surface area contributed by atoms with Gasteiger partial charge in [-0.25, -0.2) is 4.39 Å². The Balaban J connectivity index is 1.96. The number of carbonyl (C=O) groups is 1. The highest BCUT2D eigenvalue weighted by Gasteiger charge is 2.30. The molecule has 8 heteroatoms. The normalized spacial score (nSPS) is 11.6. The van der Waals surface area contributed by atoms with Crippen LogP contribution in [0.3, 0.4) is 0 Å². The second-order valence-corrected chi connectivity index (χ2v) is 5.65. The molecule has 3 aromatic rings. The van der Waals surface area contributed by atoms with Crippen molar-refractivity contribution in [1.82, 2.24) is 4.57 Å². The number of amides is 1. The monoisotopic (exact) mass is 364 g/mol. The molecule has 0 spiro atoms. The van der Waals surface area contributed by atoms with Gasteiger partial charge in [0.15, 0.2) is 0 Å². The molecule has 2 aromatic carbocycles. The summed E-state index contributed by atoms with van der Waals surface area (Å²) in [5, 5.41) is 2.41. The van der Waals surface area contributed by atoms with Gasteiger partial charge in [-0.1, -0.05) is 6.07 Å². The number of rotatable bonds is 2. The number of nitrogens with zero attached hydrogens (tertiary/aromatic N) is 1. The molecule has 26 heavy (non-hydrogen) atoms. The van der Waals surface area contributed by atoms with Gasteiger partial charge in [-0.15, -0.1) is 0 Å². The lowest BCUT2D eigenvalue weighted by atomic mass is 10.1. The van der Waals surface area contributed by atoms with Crippen LogP contribution in [-0.2, 0) is 13.2 Å². The summed E-state index contributed by atoms with van der Waals surface area (Å²) in [5.74, 6) is -1.40. The van der Waals surface area contributed by atoms with E-state index in [0.29, 0.717) is 0 Å². The first kappa shape index (κ1) is 17.7. The molecule has 0 saturated carbocycles. The van der Waals surface area contributed by atoms with Crippen LogP contribution in [-0.4, -0.2) is 10.5 Å². The van der Waals surface area contributed by atoms with E-state index in [-0.39, 0.29) is 22.2 Å². The topological polar surface area (TPSA) is 51.1 Å². The summed E-state index contributed by atoms with van der Waals surface area (Å²) in [6.07, 6.45) is -3.30. The summed E-state index contributed by atoms with van der Waals surface area (Å²) in [7, 11) is 1.49. The first-order valence-electron chi connectivity index (χ1n) is 7.45. The SMILES string of the molecule is Cn1cc(C(=O)Nc2ccc(C(F)(F)F)cc2)c(=O)c2cccc(F)c21. The Hall–Kier alpha value is -3.16. The zero-order valence-electron chi connectivity index (χ0n) is 13.4. The van der Waals surface area contributed by atoms with Crippen LogP contribution in [0, 0.1) is 5.82 Å². The number of para-hydroxylation sites is 1. The van der Waals surface area contributed by atoms with Gasteiger partial charge in [0.05, 0.1) is 11.1 Å². The summed E-state index contributed by atoms with van der Waals surface area (Å²) in [6.45, 7) is 0. The van der Waals surface area contributed by atoms with E-state index in [1.807, 2.05) is 0 Å². The van der Waals surface area contributed by atoms with Gasteiger partial charge in [-0.2, -0.15) is 13.2 Å². The number of aryl methyl sites for hydroxylation is 1. The summed E-state index contributed by atoms with van der Waals surface area (Å²) in [4.78, 5) is 24.8. The van der Waals surface area contributed by atoms with Crippen LogP contribution in [0.1, 0.15) is 15.9 Å². The summed E-state index contributed by atoms with van der Waals surface area (Å²) in [6, 6.07) is 7.78. The van der Waals surface area contributed by atoms with Crippen LogP contribution in [0.4, 0.5) is 23.2 Å². The fourth-order valence-corrected chi connectivity index (χ4v) is 2.62. The van der Waals surface area contributed by atoms with E-state index in [1.165, 1.54) is 36.0 Å². The fraction of sp³-hybridized carbons (Fsp3) is 0.111. The first-order valence-corrected chi connectivity index (χ1v) is 7.45. The van der Waals surface area contributed by atoms with Gasteiger partial charge < -0.3 is 9.88 Å². The highest BCUT2D eigenvalue weighted by atomic mass is 19.4. The molecule has 0 aliphatic rings. The molecular weight excluding hydrogens is 352 g/mol. The van der Waals surface area contributed by atoms with Crippen molar-refractivity contribution in [3.05, 3.63) is 75.8 Å². The minimum atomic E-state index is -4.49. The number of pyridine rings is 1. The average Bonchev–Trinajstić information content (AvgIpc) is 2.57. The maximum atomic E-state index is 13.9. The standard InChI is InChI=1S/C18H12F4N2O2/c1-24-9-13(16(25)12-3-2-4-14(19)15(12)24)17(26)23-11-7-5-10(6-8-11)18(20,21)22/h2-9H,1H3,(H,23,26). The van der Waals surface area contributed by atoms with Crippen LogP contribution >= 0.6 is 0 Å². The average molecular weight is 364 g/mol. The van der Waals surface area contributed by atoms with Crippen LogP contribution in [0.15, 0.2) is 53.5 Å². The fourth-order valence-electron chi connectivity index (χ4n) is 2.62. The second-order valence-electron chi connectivity index (χ2n) is 5.65. The summed E-state index contributed by atoms with van der Waals surface area (Å²) < 4.78 is 52.9. The lowest BCUT2D eigenvalue weighted by Gasteiger charge is -2.11. The molecule has 3 rings (SSSR count). The molecule has 0 radical (unpaired) electrons. The Kier molecular flexibility index (Phi) is 4.27. The number of halogens is 4. The van der Waals surface area contributed by atoms with Crippen molar-refractivity contribution in [2.75, 3.05) is 5.32 Å². The quantitative estimate of drug-likeness (QED) is 0.700. The lowest BCUT2D eigenvalue weighted by molar-refractivity contribution is -0.137. The molecular formula is C18H12F4N2O2. The Morgan fingerprint density at radius 3 is 2.35 bits per heavy atom. The second kappa shape index (κ2) is 6.29. The van der Waals surface area contributed by atoms with Gasteiger partial charge in [-0.05, 0) is 36.4 Å². The number of hydrogen-bond acceptors (Lipinski definition) is 2. The van der Waals surface area contributed by atoms with E-state index in [4.69, 9.17) is 0 Å². The maximum absolute atomic E-state index is 13.9. The molecule has 1 N–H and O–H groups in total. The molecule has 0 atom stereocenters. The Morgan fingerprint density at radius 2 is 1.73 bits per heavy atom. The number of benzene rings is 2. The summed E-state index contributed by atoms with van der Waals surface area (Å²) >= 11 is 0. The van der Waals surface area contributed by atoms with Crippen LogP contribution in [0.5, 0.6) is 0 Å². The van der Waals surface area contributed by atoms with Crippen molar-refractivity contribution < 1.29 is 22.4 Å². The van der Waals surface area contributed by atoms with E-state index < -0.39 is 28.9 Å². The van der Waals surface area contributed by atoms with Gasteiger partial charge >= 0.3 is 6.18 Å². The third-order valence-corrected chi connectivity index (χ3v) is 3.87. The molecule has 1 aromatic heterocycles. The van der Waals surface area contributed by atoms with E-state index in [1.54, 1.807) is 0 Å². The first-order chi connectivity index (χ1) is 12.2. The molecule has 4 nitrogen and oxygen atoms in total. The van der Waals surface area contributed by atoms with E-state index in [2.05, 4.69) is 5.32 Å². The van der Waals surface area contributed by atoms with E-state index in [9.17, 15) is 27.2 Å². The predicted molar refractivity (Wildman–Crippen MR) is 88.5 cm³/mol. The lowest BCUT2D eigenvalue weighted by Crippen LogP contribution is -2.23. The zero-order chi connectivity index (χ0) is 19.1. The Labute approximate surface area is 144 Å². The molecule has 0 fully saturated rings. The van der Waals surface area contributed by atoms with Crippen molar-refractivity contribution in [2.24, 2.45) is 7.05 Å². The summed E-state index contributed by atoms with van der Waals surface area (Å²) in [5.41, 5.74) is -1.60. The van der Waals surface area contributed by atoms with Gasteiger partial charge in [0.25, 0.3) is 5.91 Å². The molecule has 1 amide bonds. The smallest absolute Gasteiger partial charge is 0.347 e. The third-order valence-electron chi connectivity index (χ3n) is 3.87. The molecule has 0 bridgehead atoms. The van der Waals surface area contributed by atoms with Crippen LogP contribution in [0.25, 0.3) is 10.9 Å². The number of anilines is 1. The number of alkyl halides is 3. The molecule has 0 aliphatic heterocycles. The number of aromatic nitrogens is 1. The number of nitrogens with one attached hydrogen (secondary N) is 1. The van der Waals surface area contributed by atoms with Crippen molar-refractivity contribution in [2.45, 2.75) is 6.18 Å².